The second kappa shape index (κ2) is 10.0. The Labute approximate surface area is 181 Å². The van der Waals surface area contributed by atoms with Crippen LogP contribution in [-0.4, -0.2) is 30.4 Å². The molecule has 1 amide bonds. The molecule has 27 heavy (non-hydrogen) atoms. The van der Waals surface area contributed by atoms with E-state index < -0.39 is 0 Å². The monoisotopic (exact) mass is 499 g/mol. The van der Waals surface area contributed by atoms with E-state index in [4.69, 9.17) is 0 Å². The molecule has 2 N–H and O–H groups in total. The maximum atomic E-state index is 11.8. The van der Waals surface area contributed by atoms with Crippen LogP contribution in [0.25, 0.3) is 0 Å². The van der Waals surface area contributed by atoms with Crippen molar-refractivity contribution in [1.29, 1.82) is 0 Å². The number of carbonyl (C=O) groups is 1. The molecule has 0 atom stereocenters. The smallest absolute Gasteiger partial charge is 0.227 e. The highest BCUT2D eigenvalue weighted by atomic mass is 127. The van der Waals surface area contributed by atoms with Crippen molar-refractivity contribution in [3.05, 3.63) is 45.4 Å². The fraction of sp³-hybridized carbons (Fsp3) is 0.421. The quantitative estimate of drug-likeness (QED) is 0.376. The van der Waals surface area contributed by atoms with E-state index in [0.717, 1.165) is 40.9 Å². The van der Waals surface area contributed by atoms with Gasteiger partial charge in [-0.1, -0.05) is 12.1 Å². The average Bonchev–Trinajstić information content (AvgIpc) is 3.20. The molecule has 0 spiro atoms. The first-order valence-electron chi connectivity index (χ1n) is 8.83. The highest BCUT2D eigenvalue weighted by molar-refractivity contribution is 14.0. The van der Waals surface area contributed by atoms with Gasteiger partial charge in [0.25, 0.3) is 0 Å². The van der Waals surface area contributed by atoms with Crippen molar-refractivity contribution in [2.75, 3.05) is 18.5 Å². The molecule has 0 bridgehead atoms. The SMILES string of the molecule is CN=C(NCc1ccc(N2CCCC2=O)cc1)NCc1sc(C)nc1C.I. The molecule has 146 valence electrons. The first kappa shape index (κ1) is 21.6. The highest BCUT2D eigenvalue weighted by Gasteiger charge is 2.21. The minimum atomic E-state index is 0. The number of nitrogens with zero attached hydrogens (tertiary/aromatic N) is 3. The molecule has 6 nitrogen and oxygen atoms in total. The third-order valence-corrected chi connectivity index (χ3v) is 5.49. The first-order chi connectivity index (χ1) is 12.6. The zero-order chi connectivity index (χ0) is 18.5. The van der Waals surface area contributed by atoms with E-state index in [1.807, 2.05) is 30.9 Å². The number of hydrogen-bond donors (Lipinski definition) is 2. The standard InChI is InChI=1S/C19H25N5OS.HI/c1-13-17(26-14(2)23-13)12-22-19(20-3)21-11-15-6-8-16(9-7-15)24-10-4-5-18(24)25;/h6-9H,4-5,10-12H2,1-3H3,(H2,20,21,22);1H. The molecule has 1 aromatic heterocycles. The summed E-state index contributed by atoms with van der Waals surface area (Å²) < 4.78 is 0. The van der Waals surface area contributed by atoms with Gasteiger partial charge in [-0.05, 0) is 38.0 Å². The van der Waals surface area contributed by atoms with Gasteiger partial charge in [0.1, 0.15) is 0 Å². The van der Waals surface area contributed by atoms with Crippen LogP contribution in [0.2, 0.25) is 0 Å². The first-order valence-corrected chi connectivity index (χ1v) is 9.65. The maximum absolute atomic E-state index is 11.8. The number of benzene rings is 1. The minimum Gasteiger partial charge on any atom is -0.352 e. The molecule has 1 saturated heterocycles. The number of thiazole rings is 1. The van der Waals surface area contributed by atoms with Crippen LogP contribution in [0.15, 0.2) is 29.3 Å². The zero-order valence-electron chi connectivity index (χ0n) is 15.9. The zero-order valence-corrected chi connectivity index (χ0v) is 19.1. The summed E-state index contributed by atoms with van der Waals surface area (Å²) in [5, 5.41) is 7.73. The van der Waals surface area contributed by atoms with Crippen LogP contribution in [0.5, 0.6) is 0 Å². The molecule has 0 aliphatic carbocycles. The molecular formula is C19H26IN5OS. The molecule has 8 heteroatoms. The Balaban J connectivity index is 0.00000261. The van der Waals surface area contributed by atoms with Crippen LogP contribution in [0.4, 0.5) is 5.69 Å². The summed E-state index contributed by atoms with van der Waals surface area (Å²) >= 11 is 1.71. The van der Waals surface area contributed by atoms with Gasteiger partial charge < -0.3 is 15.5 Å². The Morgan fingerprint density at radius 1 is 1.22 bits per heavy atom. The average molecular weight is 499 g/mol. The van der Waals surface area contributed by atoms with Crippen molar-refractivity contribution in [2.24, 2.45) is 4.99 Å². The summed E-state index contributed by atoms with van der Waals surface area (Å²) in [4.78, 5) is 23.6. The number of aliphatic imine (C=N–C) groups is 1. The molecule has 1 aliphatic rings. The molecule has 0 unspecified atom stereocenters. The van der Waals surface area contributed by atoms with E-state index in [1.54, 1.807) is 18.4 Å². The van der Waals surface area contributed by atoms with Crippen LogP contribution in [0, 0.1) is 13.8 Å². The van der Waals surface area contributed by atoms with Crippen molar-refractivity contribution >= 4 is 52.9 Å². The summed E-state index contributed by atoms with van der Waals surface area (Å²) in [6.07, 6.45) is 1.60. The van der Waals surface area contributed by atoms with Crippen molar-refractivity contribution in [2.45, 2.75) is 39.8 Å². The third-order valence-electron chi connectivity index (χ3n) is 4.42. The lowest BCUT2D eigenvalue weighted by Gasteiger charge is -2.16. The minimum absolute atomic E-state index is 0. The van der Waals surface area contributed by atoms with Crippen LogP contribution in [0.3, 0.4) is 0 Å². The van der Waals surface area contributed by atoms with Crippen LogP contribution >= 0.6 is 35.3 Å². The Kier molecular flexibility index (Phi) is 8.03. The number of rotatable bonds is 5. The maximum Gasteiger partial charge on any atom is 0.227 e. The van der Waals surface area contributed by atoms with E-state index in [-0.39, 0.29) is 29.9 Å². The molecular weight excluding hydrogens is 473 g/mol. The second-order valence-electron chi connectivity index (χ2n) is 6.34. The number of amides is 1. The normalized spacial score (nSPS) is 14.3. The number of hydrogen-bond acceptors (Lipinski definition) is 4. The third kappa shape index (κ3) is 5.65. The Bertz CT molecular complexity index is 803. The second-order valence-corrected chi connectivity index (χ2v) is 7.62. The van der Waals surface area contributed by atoms with E-state index in [0.29, 0.717) is 19.5 Å². The molecule has 2 heterocycles. The van der Waals surface area contributed by atoms with Gasteiger partial charge in [0.15, 0.2) is 5.96 Å². The van der Waals surface area contributed by atoms with Gasteiger partial charge in [-0.3, -0.25) is 9.79 Å². The van der Waals surface area contributed by atoms with E-state index in [2.05, 4.69) is 32.7 Å². The van der Waals surface area contributed by atoms with Crippen LogP contribution < -0.4 is 15.5 Å². The van der Waals surface area contributed by atoms with Crippen molar-refractivity contribution in [1.82, 2.24) is 15.6 Å². The number of carbonyl (C=O) groups excluding carboxylic acids is 1. The van der Waals surface area contributed by atoms with E-state index in [1.165, 1.54) is 4.88 Å². The highest BCUT2D eigenvalue weighted by Crippen LogP contribution is 2.21. The number of aryl methyl sites for hydroxylation is 2. The number of guanidine groups is 1. The number of anilines is 1. The largest absolute Gasteiger partial charge is 0.352 e. The predicted octanol–water partition coefficient (Wildman–Crippen LogP) is 3.37. The Hall–Kier alpha value is -1.68. The lowest BCUT2D eigenvalue weighted by molar-refractivity contribution is -0.117. The molecule has 1 fully saturated rings. The molecule has 1 aromatic carbocycles. The Morgan fingerprint density at radius 3 is 2.48 bits per heavy atom. The Morgan fingerprint density at radius 2 is 1.93 bits per heavy atom. The van der Waals surface area contributed by atoms with Gasteiger partial charge in [-0.15, -0.1) is 35.3 Å². The number of aromatic nitrogens is 1. The van der Waals surface area contributed by atoms with Crippen molar-refractivity contribution in [3.8, 4) is 0 Å². The van der Waals surface area contributed by atoms with Crippen LogP contribution in [0.1, 0.15) is 34.0 Å². The summed E-state index contributed by atoms with van der Waals surface area (Å²) in [7, 11) is 1.77. The molecule has 3 rings (SSSR count). The van der Waals surface area contributed by atoms with E-state index in [9.17, 15) is 4.79 Å². The lowest BCUT2D eigenvalue weighted by atomic mass is 10.2. The summed E-state index contributed by atoms with van der Waals surface area (Å²) in [5.74, 6) is 0.975. The topological polar surface area (TPSA) is 69.6 Å². The van der Waals surface area contributed by atoms with Gasteiger partial charge in [-0.2, -0.15) is 0 Å². The fourth-order valence-corrected chi connectivity index (χ4v) is 3.90. The molecule has 2 aromatic rings. The van der Waals surface area contributed by atoms with Gasteiger partial charge >= 0.3 is 0 Å². The summed E-state index contributed by atoms with van der Waals surface area (Å²) in [6.45, 7) is 6.27. The van der Waals surface area contributed by atoms with Crippen molar-refractivity contribution < 1.29 is 4.79 Å². The lowest BCUT2D eigenvalue weighted by Crippen LogP contribution is -2.36. The van der Waals surface area contributed by atoms with E-state index >= 15 is 0 Å². The molecule has 0 saturated carbocycles. The van der Waals surface area contributed by atoms with Gasteiger partial charge in [0.2, 0.25) is 5.91 Å². The van der Waals surface area contributed by atoms with Gasteiger partial charge in [0, 0.05) is 37.1 Å². The summed E-state index contributed by atoms with van der Waals surface area (Å²) in [6, 6.07) is 8.13. The molecule has 1 aliphatic heterocycles. The van der Waals surface area contributed by atoms with Gasteiger partial charge in [-0.25, -0.2) is 4.98 Å². The number of nitrogens with one attached hydrogen (secondary N) is 2. The van der Waals surface area contributed by atoms with Crippen LogP contribution in [-0.2, 0) is 17.9 Å². The fourth-order valence-electron chi connectivity index (χ4n) is 3.02. The van der Waals surface area contributed by atoms with Gasteiger partial charge in [0.05, 0.1) is 17.2 Å². The number of halogens is 1. The molecule has 0 radical (unpaired) electrons. The predicted molar refractivity (Wildman–Crippen MR) is 122 cm³/mol. The van der Waals surface area contributed by atoms with Crippen molar-refractivity contribution in [3.63, 3.8) is 0 Å². The summed E-state index contributed by atoms with van der Waals surface area (Å²) in [5.41, 5.74) is 3.20.